The normalized spacial score (nSPS) is 19.8. The van der Waals surface area contributed by atoms with Gasteiger partial charge in [-0.05, 0) is 29.7 Å². The van der Waals surface area contributed by atoms with E-state index in [4.69, 9.17) is 4.74 Å². The Bertz CT molecular complexity index is 501. The minimum absolute atomic E-state index is 0.237. The van der Waals surface area contributed by atoms with Gasteiger partial charge in [0.25, 0.3) is 0 Å². The van der Waals surface area contributed by atoms with Gasteiger partial charge < -0.3 is 9.64 Å². The number of hydrogen-bond acceptors (Lipinski definition) is 3. The van der Waals surface area contributed by atoms with Gasteiger partial charge in [0, 0.05) is 30.7 Å². The minimum atomic E-state index is 0.237. The molecule has 1 aromatic rings. The second-order valence-electron chi connectivity index (χ2n) is 5.37. The van der Waals surface area contributed by atoms with Crippen LogP contribution in [0.1, 0.15) is 11.1 Å². The van der Waals surface area contributed by atoms with Gasteiger partial charge in [0.1, 0.15) is 0 Å². The topological polar surface area (TPSA) is 32.8 Å². The van der Waals surface area contributed by atoms with Crippen LogP contribution in [0, 0.1) is 0 Å². The molecule has 2 heterocycles. The SMILES string of the molecule is O=C(CN1CCOCC1)N1CCc2cc(Br)ccc2C1. The average Bonchev–Trinajstić information content (AvgIpc) is 2.47. The molecule has 0 radical (unpaired) electrons. The van der Waals surface area contributed by atoms with E-state index in [1.54, 1.807) is 0 Å². The molecule has 108 valence electrons. The summed E-state index contributed by atoms with van der Waals surface area (Å²) < 4.78 is 6.43. The minimum Gasteiger partial charge on any atom is -0.379 e. The Balaban J connectivity index is 1.61. The largest absolute Gasteiger partial charge is 0.379 e. The molecule has 3 rings (SSSR count). The predicted molar refractivity (Wildman–Crippen MR) is 80.5 cm³/mol. The molecule has 5 heteroatoms. The summed E-state index contributed by atoms with van der Waals surface area (Å²) in [5.74, 6) is 0.237. The molecule has 0 spiro atoms. The van der Waals surface area contributed by atoms with E-state index in [2.05, 4.69) is 39.0 Å². The summed E-state index contributed by atoms with van der Waals surface area (Å²) in [5.41, 5.74) is 2.63. The van der Waals surface area contributed by atoms with E-state index in [-0.39, 0.29) is 5.91 Å². The first kappa shape index (κ1) is 14.0. The lowest BCUT2D eigenvalue weighted by molar-refractivity contribution is -0.134. The zero-order valence-electron chi connectivity index (χ0n) is 11.5. The molecule has 0 bridgehead atoms. The third-order valence-electron chi connectivity index (χ3n) is 4.00. The van der Waals surface area contributed by atoms with Gasteiger partial charge in [0.15, 0.2) is 0 Å². The van der Waals surface area contributed by atoms with Gasteiger partial charge in [-0.25, -0.2) is 0 Å². The van der Waals surface area contributed by atoms with Crippen LogP contribution in [0.15, 0.2) is 22.7 Å². The Morgan fingerprint density at radius 3 is 2.80 bits per heavy atom. The van der Waals surface area contributed by atoms with Crippen molar-refractivity contribution in [1.29, 1.82) is 0 Å². The summed E-state index contributed by atoms with van der Waals surface area (Å²) in [5, 5.41) is 0. The summed E-state index contributed by atoms with van der Waals surface area (Å²) in [6.45, 7) is 5.30. The first-order valence-electron chi connectivity index (χ1n) is 7.07. The number of halogens is 1. The molecule has 0 N–H and O–H groups in total. The summed E-state index contributed by atoms with van der Waals surface area (Å²) in [6.07, 6.45) is 0.948. The zero-order valence-corrected chi connectivity index (χ0v) is 13.1. The van der Waals surface area contributed by atoms with E-state index in [1.165, 1.54) is 11.1 Å². The van der Waals surface area contributed by atoms with Crippen molar-refractivity contribution in [3.8, 4) is 0 Å². The molecule has 0 aromatic heterocycles. The lowest BCUT2D eigenvalue weighted by Gasteiger charge is -2.32. The maximum atomic E-state index is 12.4. The van der Waals surface area contributed by atoms with Crippen LogP contribution in [-0.4, -0.2) is 55.1 Å². The van der Waals surface area contributed by atoms with Crippen molar-refractivity contribution in [2.75, 3.05) is 39.4 Å². The lowest BCUT2D eigenvalue weighted by atomic mass is 10.00. The highest BCUT2D eigenvalue weighted by Gasteiger charge is 2.23. The number of nitrogens with zero attached hydrogens (tertiary/aromatic N) is 2. The number of amides is 1. The van der Waals surface area contributed by atoms with E-state index in [9.17, 15) is 4.79 Å². The van der Waals surface area contributed by atoms with Gasteiger partial charge in [-0.15, -0.1) is 0 Å². The second-order valence-corrected chi connectivity index (χ2v) is 6.28. The molecule has 1 fully saturated rings. The molecule has 1 amide bonds. The molecular weight excluding hydrogens is 320 g/mol. The quantitative estimate of drug-likeness (QED) is 0.822. The predicted octanol–water partition coefficient (Wildman–Crippen LogP) is 1.67. The number of hydrogen-bond donors (Lipinski definition) is 0. The molecule has 1 aromatic carbocycles. The molecule has 20 heavy (non-hydrogen) atoms. The molecule has 2 aliphatic rings. The second kappa shape index (κ2) is 6.24. The molecule has 0 saturated carbocycles. The monoisotopic (exact) mass is 338 g/mol. The first-order valence-corrected chi connectivity index (χ1v) is 7.87. The van der Waals surface area contributed by atoms with Crippen molar-refractivity contribution >= 4 is 21.8 Å². The van der Waals surface area contributed by atoms with E-state index in [1.807, 2.05) is 4.90 Å². The number of benzene rings is 1. The highest BCUT2D eigenvalue weighted by molar-refractivity contribution is 9.10. The number of ether oxygens (including phenoxy) is 1. The maximum absolute atomic E-state index is 12.4. The number of carbonyl (C=O) groups excluding carboxylic acids is 1. The van der Waals surface area contributed by atoms with E-state index < -0.39 is 0 Å². The van der Waals surface area contributed by atoms with Gasteiger partial charge in [-0.3, -0.25) is 9.69 Å². The van der Waals surface area contributed by atoms with Gasteiger partial charge in [-0.1, -0.05) is 22.0 Å². The van der Waals surface area contributed by atoms with Crippen molar-refractivity contribution in [2.45, 2.75) is 13.0 Å². The Morgan fingerprint density at radius 2 is 2.00 bits per heavy atom. The zero-order chi connectivity index (χ0) is 13.9. The van der Waals surface area contributed by atoms with Gasteiger partial charge in [0.05, 0.1) is 19.8 Å². The standard InChI is InChI=1S/C15H19BrN2O2/c16-14-2-1-13-10-18(4-3-12(13)9-14)15(19)11-17-5-7-20-8-6-17/h1-2,9H,3-8,10-11H2. The summed E-state index contributed by atoms with van der Waals surface area (Å²) in [4.78, 5) is 16.5. The Morgan fingerprint density at radius 1 is 1.20 bits per heavy atom. The van der Waals surface area contributed by atoms with Crippen LogP contribution in [0.25, 0.3) is 0 Å². The molecule has 4 nitrogen and oxygen atoms in total. The molecule has 0 unspecified atom stereocenters. The maximum Gasteiger partial charge on any atom is 0.237 e. The van der Waals surface area contributed by atoms with Crippen molar-refractivity contribution in [1.82, 2.24) is 9.80 Å². The van der Waals surface area contributed by atoms with Crippen molar-refractivity contribution in [3.63, 3.8) is 0 Å². The summed E-state index contributed by atoms with van der Waals surface area (Å²) in [7, 11) is 0. The fourth-order valence-electron chi connectivity index (χ4n) is 2.79. The third kappa shape index (κ3) is 3.22. The first-order chi connectivity index (χ1) is 9.72. The van der Waals surface area contributed by atoms with Crippen molar-refractivity contribution in [3.05, 3.63) is 33.8 Å². The van der Waals surface area contributed by atoms with Crippen molar-refractivity contribution < 1.29 is 9.53 Å². The van der Waals surface area contributed by atoms with E-state index >= 15 is 0 Å². The fraction of sp³-hybridized carbons (Fsp3) is 0.533. The Hall–Kier alpha value is -0.910. The van der Waals surface area contributed by atoms with Crippen LogP contribution in [0.3, 0.4) is 0 Å². The molecular formula is C15H19BrN2O2. The summed E-state index contributed by atoms with van der Waals surface area (Å²) >= 11 is 3.50. The lowest BCUT2D eigenvalue weighted by Crippen LogP contribution is -2.46. The number of rotatable bonds is 2. The fourth-order valence-corrected chi connectivity index (χ4v) is 3.19. The van der Waals surface area contributed by atoms with Crippen LogP contribution >= 0.6 is 15.9 Å². The Kier molecular flexibility index (Phi) is 4.38. The van der Waals surface area contributed by atoms with Gasteiger partial charge >= 0.3 is 0 Å². The van der Waals surface area contributed by atoms with E-state index in [0.29, 0.717) is 6.54 Å². The highest BCUT2D eigenvalue weighted by atomic mass is 79.9. The third-order valence-corrected chi connectivity index (χ3v) is 4.49. The van der Waals surface area contributed by atoms with Crippen LogP contribution < -0.4 is 0 Å². The molecule has 1 saturated heterocycles. The average molecular weight is 339 g/mol. The summed E-state index contributed by atoms with van der Waals surface area (Å²) in [6, 6.07) is 6.33. The molecule has 0 aliphatic carbocycles. The van der Waals surface area contributed by atoms with Crippen molar-refractivity contribution in [2.24, 2.45) is 0 Å². The van der Waals surface area contributed by atoms with Crippen LogP contribution in [0.4, 0.5) is 0 Å². The Labute approximate surface area is 127 Å². The number of fused-ring (bicyclic) bond motifs is 1. The molecule has 0 atom stereocenters. The molecule has 2 aliphatic heterocycles. The van der Waals surface area contributed by atoms with Crippen LogP contribution in [0.2, 0.25) is 0 Å². The van der Waals surface area contributed by atoms with Crippen LogP contribution in [-0.2, 0) is 22.5 Å². The number of carbonyl (C=O) groups is 1. The highest BCUT2D eigenvalue weighted by Crippen LogP contribution is 2.23. The van der Waals surface area contributed by atoms with Gasteiger partial charge in [-0.2, -0.15) is 0 Å². The van der Waals surface area contributed by atoms with Gasteiger partial charge in [0.2, 0.25) is 5.91 Å². The number of morpholine rings is 1. The smallest absolute Gasteiger partial charge is 0.237 e. The van der Waals surface area contributed by atoms with E-state index in [0.717, 1.165) is 50.3 Å². The van der Waals surface area contributed by atoms with Crippen LogP contribution in [0.5, 0.6) is 0 Å².